The van der Waals surface area contributed by atoms with Crippen LogP contribution in [0, 0.1) is 6.92 Å². The first-order valence-electron chi connectivity index (χ1n) is 7.98. The molecular formula is C18H17N3O2S. The van der Waals surface area contributed by atoms with Gasteiger partial charge in [0.25, 0.3) is 5.91 Å². The Balaban J connectivity index is 1.57. The van der Waals surface area contributed by atoms with E-state index in [-0.39, 0.29) is 11.9 Å². The monoisotopic (exact) mass is 339 g/mol. The first-order chi connectivity index (χ1) is 11.7. The van der Waals surface area contributed by atoms with Gasteiger partial charge in [0, 0.05) is 18.2 Å². The third-order valence-electron chi connectivity index (χ3n) is 4.24. The molecule has 0 aromatic carbocycles. The third-order valence-corrected chi connectivity index (χ3v) is 5.42. The Kier molecular flexibility index (Phi) is 3.90. The largest absolute Gasteiger partial charge is 0.469 e. The summed E-state index contributed by atoms with van der Waals surface area (Å²) in [5, 5.41) is 3.90. The molecule has 0 fully saturated rings. The van der Waals surface area contributed by atoms with Crippen molar-refractivity contribution in [3.63, 3.8) is 0 Å². The molecule has 1 amide bonds. The molecule has 0 saturated heterocycles. The van der Waals surface area contributed by atoms with Crippen LogP contribution in [0.15, 0.2) is 41.1 Å². The van der Waals surface area contributed by atoms with E-state index in [0.717, 1.165) is 47.0 Å². The molecule has 3 heterocycles. The maximum Gasteiger partial charge on any atom is 0.263 e. The number of carbonyl (C=O) groups is 1. The minimum absolute atomic E-state index is 0.0137. The zero-order chi connectivity index (χ0) is 16.5. The first-order valence-corrected chi connectivity index (χ1v) is 8.80. The first kappa shape index (κ1) is 15.1. The number of amides is 1. The number of furan rings is 1. The molecule has 1 unspecified atom stereocenters. The van der Waals surface area contributed by atoms with Crippen molar-refractivity contribution < 1.29 is 9.21 Å². The average Bonchev–Trinajstić information content (AvgIpc) is 3.23. The highest BCUT2D eigenvalue weighted by Gasteiger charge is 2.26. The molecule has 1 atom stereocenters. The fourth-order valence-corrected chi connectivity index (χ4v) is 4.01. The highest BCUT2D eigenvalue weighted by Crippen LogP contribution is 2.32. The molecule has 1 aliphatic rings. The molecular weight excluding hydrogens is 322 g/mol. The zero-order valence-electron chi connectivity index (χ0n) is 13.3. The third kappa shape index (κ3) is 2.73. The van der Waals surface area contributed by atoms with E-state index in [2.05, 4.69) is 15.3 Å². The highest BCUT2D eigenvalue weighted by molar-refractivity contribution is 7.17. The minimum atomic E-state index is -0.0776. The molecule has 4 rings (SSSR count). The van der Waals surface area contributed by atoms with Crippen LogP contribution in [0.4, 0.5) is 0 Å². The van der Waals surface area contributed by atoms with Gasteiger partial charge in [-0.15, -0.1) is 11.3 Å². The fraction of sp³-hybridized carbons (Fsp3) is 0.278. The highest BCUT2D eigenvalue weighted by atomic mass is 32.1. The Morgan fingerprint density at radius 2 is 2.29 bits per heavy atom. The van der Waals surface area contributed by atoms with Gasteiger partial charge < -0.3 is 9.73 Å². The number of rotatable bonds is 3. The lowest BCUT2D eigenvalue weighted by Crippen LogP contribution is -2.30. The minimum Gasteiger partial charge on any atom is -0.469 e. The van der Waals surface area contributed by atoms with Gasteiger partial charge in [-0.3, -0.25) is 9.78 Å². The Morgan fingerprint density at radius 3 is 3.12 bits per heavy atom. The number of nitrogens with zero attached hydrogens (tertiary/aromatic N) is 2. The zero-order valence-corrected chi connectivity index (χ0v) is 14.1. The maximum absolute atomic E-state index is 12.7. The van der Waals surface area contributed by atoms with E-state index in [0.29, 0.717) is 4.88 Å². The smallest absolute Gasteiger partial charge is 0.263 e. The summed E-state index contributed by atoms with van der Waals surface area (Å²) in [6.07, 6.45) is 6.33. The van der Waals surface area contributed by atoms with Crippen LogP contribution in [0.5, 0.6) is 0 Å². The van der Waals surface area contributed by atoms with E-state index in [1.807, 2.05) is 31.2 Å². The van der Waals surface area contributed by atoms with E-state index in [4.69, 9.17) is 4.42 Å². The van der Waals surface area contributed by atoms with Crippen molar-refractivity contribution >= 4 is 17.2 Å². The molecule has 0 spiro atoms. The average molecular weight is 339 g/mol. The van der Waals surface area contributed by atoms with E-state index in [1.54, 1.807) is 12.5 Å². The van der Waals surface area contributed by atoms with Crippen LogP contribution in [0.1, 0.15) is 45.6 Å². The van der Waals surface area contributed by atoms with Crippen molar-refractivity contribution in [3.05, 3.63) is 58.6 Å². The molecule has 6 heteroatoms. The second-order valence-electron chi connectivity index (χ2n) is 5.87. The quantitative estimate of drug-likeness (QED) is 0.785. The topological polar surface area (TPSA) is 68.0 Å². The summed E-state index contributed by atoms with van der Waals surface area (Å²) in [7, 11) is 0. The molecule has 122 valence electrons. The van der Waals surface area contributed by atoms with Crippen LogP contribution in [-0.4, -0.2) is 15.9 Å². The molecule has 0 saturated carbocycles. The lowest BCUT2D eigenvalue weighted by molar-refractivity contribution is 0.0935. The SMILES string of the molecule is Cc1nc(-c2ccccn2)sc1C(=O)NC1CCCc2occc21. The molecule has 0 radical (unpaired) electrons. The molecule has 0 aliphatic heterocycles. The van der Waals surface area contributed by atoms with E-state index in [9.17, 15) is 4.79 Å². The second kappa shape index (κ2) is 6.20. The number of pyridine rings is 1. The van der Waals surface area contributed by atoms with Crippen LogP contribution in [0.25, 0.3) is 10.7 Å². The Morgan fingerprint density at radius 1 is 1.38 bits per heavy atom. The second-order valence-corrected chi connectivity index (χ2v) is 6.86. The Bertz CT molecular complexity index is 870. The summed E-state index contributed by atoms with van der Waals surface area (Å²) in [6.45, 7) is 1.86. The number of carbonyl (C=O) groups excluding carboxylic acids is 1. The lowest BCUT2D eigenvalue weighted by atomic mass is 9.93. The Hall–Kier alpha value is -2.47. The van der Waals surface area contributed by atoms with Gasteiger partial charge in [0.1, 0.15) is 15.6 Å². The van der Waals surface area contributed by atoms with Crippen molar-refractivity contribution in [2.24, 2.45) is 0 Å². The van der Waals surface area contributed by atoms with Crippen molar-refractivity contribution in [2.45, 2.75) is 32.2 Å². The summed E-state index contributed by atoms with van der Waals surface area (Å²) in [6, 6.07) is 7.65. The summed E-state index contributed by atoms with van der Waals surface area (Å²) < 4.78 is 5.49. The van der Waals surface area contributed by atoms with E-state index in [1.165, 1.54) is 11.3 Å². The van der Waals surface area contributed by atoms with Crippen LogP contribution >= 0.6 is 11.3 Å². The number of fused-ring (bicyclic) bond motifs is 1. The lowest BCUT2D eigenvalue weighted by Gasteiger charge is -2.22. The van der Waals surface area contributed by atoms with Crippen LogP contribution < -0.4 is 5.32 Å². The number of nitrogens with one attached hydrogen (secondary N) is 1. The van der Waals surface area contributed by atoms with Crippen molar-refractivity contribution in [1.82, 2.24) is 15.3 Å². The molecule has 24 heavy (non-hydrogen) atoms. The van der Waals surface area contributed by atoms with Gasteiger partial charge in [0.05, 0.1) is 23.7 Å². The fourth-order valence-electron chi connectivity index (χ4n) is 3.07. The van der Waals surface area contributed by atoms with Gasteiger partial charge in [0.2, 0.25) is 0 Å². The van der Waals surface area contributed by atoms with E-state index < -0.39 is 0 Å². The molecule has 0 bridgehead atoms. The molecule has 3 aromatic heterocycles. The van der Waals surface area contributed by atoms with Gasteiger partial charge >= 0.3 is 0 Å². The van der Waals surface area contributed by atoms with Gasteiger partial charge in [-0.25, -0.2) is 4.98 Å². The number of hydrogen-bond acceptors (Lipinski definition) is 5. The van der Waals surface area contributed by atoms with Gasteiger partial charge in [-0.2, -0.15) is 0 Å². The van der Waals surface area contributed by atoms with Crippen molar-refractivity contribution in [1.29, 1.82) is 0 Å². The summed E-state index contributed by atoms with van der Waals surface area (Å²) in [5.41, 5.74) is 2.63. The molecule has 5 nitrogen and oxygen atoms in total. The van der Waals surface area contributed by atoms with Crippen LogP contribution in [0.3, 0.4) is 0 Å². The van der Waals surface area contributed by atoms with E-state index >= 15 is 0 Å². The predicted octanol–water partition coefficient (Wildman–Crippen LogP) is 3.91. The summed E-state index contributed by atoms with van der Waals surface area (Å²) in [5.74, 6) is 0.910. The molecule has 1 aliphatic carbocycles. The maximum atomic E-state index is 12.7. The van der Waals surface area contributed by atoms with Gasteiger partial charge in [-0.1, -0.05) is 6.07 Å². The van der Waals surface area contributed by atoms with Crippen molar-refractivity contribution in [3.8, 4) is 10.7 Å². The molecule has 1 N–H and O–H groups in total. The molecule has 3 aromatic rings. The van der Waals surface area contributed by atoms with Gasteiger partial charge in [0.15, 0.2) is 0 Å². The van der Waals surface area contributed by atoms with Gasteiger partial charge in [-0.05, 0) is 38.0 Å². The van der Waals surface area contributed by atoms with Crippen LogP contribution in [0.2, 0.25) is 0 Å². The summed E-state index contributed by atoms with van der Waals surface area (Å²) >= 11 is 1.38. The van der Waals surface area contributed by atoms with Crippen molar-refractivity contribution in [2.75, 3.05) is 0 Å². The number of hydrogen-bond donors (Lipinski definition) is 1. The number of aryl methyl sites for hydroxylation is 2. The standard InChI is InChI=1S/C18H17N3O2S/c1-11-16(24-18(20-11)14-5-2-3-9-19-14)17(22)21-13-6-4-7-15-12(13)8-10-23-15/h2-3,5,8-10,13H,4,6-7H2,1H3,(H,21,22). The number of aromatic nitrogens is 2. The predicted molar refractivity (Wildman–Crippen MR) is 91.9 cm³/mol. The summed E-state index contributed by atoms with van der Waals surface area (Å²) in [4.78, 5) is 22.2. The Labute approximate surface area is 143 Å². The number of thiazole rings is 1. The van der Waals surface area contributed by atoms with Crippen LogP contribution in [-0.2, 0) is 6.42 Å². The normalized spacial score (nSPS) is 16.6.